The van der Waals surface area contributed by atoms with Crippen molar-refractivity contribution in [1.82, 2.24) is 0 Å². The quantitative estimate of drug-likeness (QED) is 0.577. The van der Waals surface area contributed by atoms with Crippen LogP contribution in [0.4, 0.5) is 5.69 Å². The molecule has 0 fully saturated rings. The van der Waals surface area contributed by atoms with Gasteiger partial charge in [-0.05, 0) is 30.5 Å². The zero-order chi connectivity index (χ0) is 20.3. The van der Waals surface area contributed by atoms with Crippen LogP contribution >= 0.6 is 11.6 Å². The molecule has 0 bridgehead atoms. The van der Waals surface area contributed by atoms with E-state index in [4.69, 9.17) is 11.6 Å². The Hall–Kier alpha value is -2.92. The molecular weight excluding hydrogens is 378 g/mol. The van der Waals surface area contributed by atoms with Crippen LogP contribution in [0.2, 0.25) is 5.02 Å². The van der Waals surface area contributed by atoms with E-state index in [2.05, 4.69) is 5.32 Å². The number of ketones is 1. The van der Waals surface area contributed by atoms with Crippen molar-refractivity contribution in [2.75, 3.05) is 5.32 Å². The standard InChI is InChI=1S/C22H20ClNO4/c1-13-6-5-9-16(22(27)28)19(13)21(26)24-18-11-10-15(23)12-17(18)20(25)14-7-3-2-4-8-14/h2-8,10-13,16,19H,9H2,1H3,(H,24,26)(H,27,28). The number of allylic oxidation sites excluding steroid dienone is 2. The molecule has 3 rings (SSSR count). The number of carbonyl (C=O) groups is 3. The number of hydrogen-bond donors (Lipinski definition) is 2. The number of nitrogens with one attached hydrogen (secondary N) is 1. The molecule has 0 saturated carbocycles. The van der Waals surface area contributed by atoms with Crippen LogP contribution in [-0.2, 0) is 9.59 Å². The van der Waals surface area contributed by atoms with Crippen LogP contribution in [-0.4, -0.2) is 22.8 Å². The number of amides is 1. The summed E-state index contributed by atoms with van der Waals surface area (Å²) in [6.45, 7) is 1.81. The second-order valence-corrected chi connectivity index (χ2v) is 7.30. The number of carbonyl (C=O) groups excluding carboxylic acids is 2. The third-order valence-electron chi connectivity index (χ3n) is 4.97. The smallest absolute Gasteiger partial charge is 0.307 e. The monoisotopic (exact) mass is 397 g/mol. The Morgan fingerprint density at radius 3 is 2.50 bits per heavy atom. The van der Waals surface area contributed by atoms with Gasteiger partial charge >= 0.3 is 5.97 Å². The second kappa shape index (κ2) is 8.40. The highest BCUT2D eigenvalue weighted by atomic mass is 35.5. The number of aliphatic carboxylic acids is 1. The van der Waals surface area contributed by atoms with Gasteiger partial charge in [0.15, 0.2) is 5.78 Å². The average Bonchev–Trinajstić information content (AvgIpc) is 2.69. The first-order chi connectivity index (χ1) is 13.4. The van der Waals surface area contributed by atoms with Gasteiger partial charge in [-0.15, -0.1) is 0 Å². The Bertz CT molecular complexity index is 939. The summed E-state index contributed by atoms with van der Waals surface area (Å²) < 4.78 is 0. The van der Waals surface area contributed by atoms with E-state index in [-0.39, 0.29) is 17.3 Å². The molecule has 1 aliphatic carbocycles. The Balaban J connectivity index is 1.92. The van der Waals surface area contributed by atoms with Gasteiger partial charge < -0.3 is 10.4 Å². The van der Waals surface area contributed by atoms with Crippen molar-refractivity contribution in [2.45, 2.75) is 13.3 Å². The highest BCUT2D eigenvalue weighted by Gasteiger charge is 2.38. The predicted octanol–water partition coefficient (Wildman–Crippen LogP) is 4.42. The molecule has 1 amide bonds. The molecule has 6 heteroatoms. The van der Waals surface area contributed by atoms with Gasteiger partial charge in [0.1, 0.15) is 0 Å². The number of carboxylic acid groups (broad SMARTS) is 1. The van der Waals surface area contributed by atoms with Gasteiger partial charge in [0, 0.05) is 16.1 Å². The van der Waals surface area contributed by atoms with Gasteiger partial charge in [-0.2, -0.15) is 0 Å². The second-order valence-electron chi connectivity index (χ2n) is 6.87. The lowest BCUT2D eigenvalue weighted by atomic mass is 9.76. The van der Waals surface area contributed by atoms with E-state index < -0.39 is 23.7 Å². The van der Waals surface area contributed by atoms with Crippen LogP contribution in [0.1, 0.15) is 29.3 Å². The molecule has 0 radical (unpaired) electrons. The molecule has 0 heterocycles. The fraction of sp³-hybridized carbons (Fsp3) is 0.227. The lowest BCUT2D eigenvalue weighted by molar-refractivity contribution is -0.147. The zero-order valence-corrected chi connectivity index (χ0v) is 16.0. The lowest BCUT2D eigenvalue weighted by Crippen LogP contribution is -2.39. The molecule has 1 aliphatic rings. The Morgan fingerprint density at radius 2 is 1.82 bits per heavy atom. The van der Waals surface area contributed by atoms with E-state index in [9.17, 15) is 19.5 Å². The van der Waals surface area contributed by atoms with Crippen molar-refractivity contribution >= 4 is 34.9 Å². The largest absolute Gasteiger partial charge is 0.481 e. The molecule has 2 aromatic carbocycles. The molecule has 0 aliphatic heterocycles. The molecule has 2 N–H and O–H groups in total. The van der Waals surface area contributed by atoms with Gasteiger partial charge in [0.2, 0.25) is 5.91 Å². The van der Waals surface area contributed by atoms with Crippen LogP contribution in [0.3, 0.4) is 0 Å². The van der Waals surface area contributed by atoms with E-state index in [1.165, 1.54) is 6.07 Å². The summed E-state index contributed by atoms with van der Waals surface area (Å²) in [5, 5.41) is 12.6. The highest BCUT2D eigenvalue weighted by molar-refractivity contribution is 6.31. The van der Waals surface area contributed by atoms with E-state index in [1.807, 2.05) is 19.1 Å². The predicted molar refractivity (Wildman–Crippen MR) is 107 cm³/mol. The van der Waals surface area contributed by atoms with Gasteiger partial charge in [-0.25, -0.2) is 0 Å². The molecule has 0 aromatic heterocycles. The average molecular weight is 398 g/mol. The number of halogens is 1. The molecule has 5 nitrogen and oxygen atoms in total. The number of hydrogen-bond acceptors (Lipinski definition) is 3. The molecule has 3 unspecified atom stereocenters. The Kier molecular flexibility index (Phi) is 5.95. The topological polar surface area (TPSA) is 83.5 Å². The number of anilines is 1. The van der Waals surface area contributed by atoms with E-state index in [1.54, 1.807) is 42.5 Å². The van der Waals surface area contributed by atoms with Crippen LogP contribution in [0.5, 0.6) is 0 Å². The first-order valence-electron chi connectivity index (χ1n) is 8.98. The van der Waals surface area contributed by atoms with Gasteiger partial charge in [0.25, 0.3) is 0 Å². The molecule has 0 spiro atoms. The molecule has 28 heavy (non-hydrogen) atoms. The normalized spacial score (nSPS) is 21.1. The maximum absolute atomic E-state index is 12.9. The summed E-state index contributed by atoms with van der Waals surface area (Å²) in [7, 11) is 0. The SMILES string of the molecule is CC1C=CCC(C(=O)O)C1C(=O)Nc1ccc(Cl)cc1C(=O)c1ccccc1. The first kappa shape index (κ1) is 19.8. The Labute approximate surface area is 168 Å². The van der Waals surface area contributed by atoms with E-state index >= 15 is 0 Å². The third kappa shape index (κ3) is 4.15. The molecular formula is C22H20ClNO4. The molecule has 0 saturated heterocycles. The van der Waals surface area contributed by atoms with Gasteiger partial charge in [0.05, 0.1) is 17.5 Å². The maximum atomic E-state index is 12.9. The van der Waals surface area contributed by atoms with Gasteiger partial charge in [-0.3, -0.25) is 14.4 Å². The fourth-order valence-electron chi connectivity index (χ4n) is 3.52. The van der Waals surface area contributed by atoms with Crippen LogP contribution in [0.15, 0.2) is 60.7 Å². The van der Waals surface area contributed by atoms with Crippen molar-refractivity contribution in [3.8, 4) is 0 Å². The summed E-state index contributed by atoms with van der Waals surface area (Å²) in [5.74, 6) is -3.46. The summed E-state index contributed by atoms with van der Waals surface area (Å²) in [6, 6.07) is 13.3. The Morgan fingerprint density at radius 1 is 1.11 bits per heavy atom. The zero-order valence-electron chi connectivity index (χ0n) is 15.3. The molecule has 2 aromatic rings. The summed E-state index contributed by atoms with van der Waals surface area (Å²) in [5.41, 5.74) is 1.05. The number of benzene rings is 2. The molecule has 3 atom stereocenters. The van der Waals surface area contributed by atoms with Crippen molar-refractivity contribution in [3.05, 3.63) is 76.8 Å². The van der Waals surface area contributed by atoms with Gasteiger partial charge in [-0.1, -0.05) is 61.0 Å². The van der Waals surface area contributed by atoms with E-state index in [0.29, 0.717) is 22.7 Å². The third-order valence-corrected chi connectivity index (χ3v) is 5.20. The summed E-state index contributed by atoms with van der Waals surface area (Å²) in [6.07, 6.45) is 3.94. The van der Waals surface area contributed by atoms with Crippen molar-refractivity contribution in [1.29, 1.82) is 0 Å². The molecule has 144 valence electrons. The van der Waals surface area contributed by atoms with Crippen molar-refractivity contribution in [3.63, 3.8) is 0 Å². The minimum absolute atomic E-state index is 0.226. The van der Waals surface area contributed by atoms with Crippen LogP contribution < -0.4 is 5.32 Å². The van der Waals surface area contributed by atoms with Crippen molar-refractivity contribution in [2.24, 2.45) is 17.8 Å². The van der Waals surface area contributed by atoms with Crippen LogP contribution in [0.25, 0.3) is 0 Å². The summed E-state index contributed by atoms with van der Waals surface area (Å²) >= 11 is 6.07. The highest BCUT2D eigenvalue weighted by Crippen LogP contribution is 2.32. The number of rotatable bonds is 5. The van der Waals surface area contributed by atoms with Crippen molar-refractivity contribution < 1.29 is 19.5 Å². The van der Waals surface area contributed by atoms with E-state index in [0.717, 1.165) is 0 Å². The maximum Gasteiger partial charge on any atom is 0.307 e. The lowest BCUT2D eigenvalue weighted by Gasteiger charge is -2.29. The fourth-order valence-corrected chi connectivity index (χ4v) is 3.70. The minimum Gasteiger partial charge on any atom is -0.481 e. The van der Waals surface area contributed by atoms with Crippen LogP contribution in [0, 0.1) is 17.8 Å². The minimum atomic E-state index is -1.01. The summed E-state index contributed by atoms with van der Waals surface area (Å²) in [4.78, 5) is 37.4. The number of carboxylic acids is 1. The first-order valence-corrected chi connectivity index (χ1v) is 9.36.